The van der Waals surface area contributed by atoms with Crippen molar-refractivity contribution >= 4 is 11.9 Å². The van der Waals surface area contributed by atoms with Gasteiger partial charge in [-0.15, -0.1) is 0 Å². The van der Waals surface area contributed by atoms with Crippen LogP contribution in [0.2, 0.25) is 0 Å². The second kappa shape index (κ2) is 7.56. The molecule has 2 aromatic rings. The van der Waals surface area contributed by atoms with Crippen LogP contribution in [-0.4, -0.2) is 18.5 Å². The van der Waals surface area contributed by atoms with Gasteiger partial charge >= 0.3 is 11.9 Å². The molecule has 0 aliphatic carbocycles. The predicted octanol–water partition coefficient (Wildman–Crippen LogP) is 3.99. The molecular formula is C22H22O4. The maximum Gasteiger partial charge on any atom is 0.330 e. The molecule has 4 nitrogen and oxygen atoms in total. The number of hydrogen-bond acceptors (Lipinski definition) is 4. The zero-order valence-corrected chi connectivity index (χ0v) is 15.0. The van der Waals surface area contributed by atoms with Crippen molar-refractivity contribution in [3.63, 3.8) is 0 Å². The second-order valence-electron chi connectivity index (χ2n) is 6.55. The molecule has 1 aliphatic rings. The van der Waals surface area contributed by atoms with E-state index in [4.69, 9.17) is 9.47 Å². The fourth-order valence-corrected chi connectivity index (χ4v) is 3.51. The molecule has 0 saturated heterocycles. The number of esters is 2. The van der Waals surface area contributed by atoms with Crippen molar-refractivity contribution in [2.75, 3.05) is 6.61 Å². The lowest BCUT2D eigenvalue weighted by molar-refractivity contribution is -0.139. The topological polar surface area (TPSA) is 52.6 Å². The molecule has 0 saturated carbocycles. The summed E-state index contributed by atoms with van der Waals surface area (Å²) in [6.45, 7) is 3.93. The highest BCUT2D eigenvalue weighted by molar-refractivity contribution is 5.92. The van der Waals surface area contributed by atoms with Crippen LogP contribution >= 0.6 is 0 Å². The summed E-state index contributed by atoms with van der Waals surface area (Å²) in [6.07, 6.45) is 2.37. The Morgan fingerprint density at radius 3 is 2.54 bits per heavy atom. The number of carbonyl (C=O) groups is 2. The maximum absolute atomic E-state index is 12.9. The van der Waals surface area contributed by atoms with Gasteiger partial charge in [0.2, 0.25) is 0 Å². The largest absolute Gasteiger partial charge is 0.463 e. The Balaban J connectivity index is 2.00. The standard InChI is InChI=1S/C22H22O4/c1-3-25-20(23)13-16(2)14-22(15-17-9-5-4-6-10-17)18-11-7-8-12-19(18)26-21(22)24/h4-13H,3,14-15H2,1-2H3/b16-13+/t22-/m0/s1. The van der Waals surface area contributed by atoms with Crippen molar-refractivity contribution < 1.29 is 19.1 Å². The fraction of sp³-hybridized carbons (Fsp3) is 0.273. The normalized spacial score (nSPS) is 19.0. The molecule has 3 rings (SSSR count). The first kappa shape index (κ1) is 17.9. The molecule has 0 radical (unpaired) electrons. The van der Waals surface area contributed by atoms with Gasteiger partial charge in [-0.3, -0.25) is 4.79 Å². The molecule has 0 spiro atoms. The Morgan fingerprint density at radius 1 is 1.12 bits per heavy atom. The number of ether oxygens (including phenoxy) is 2. The molecule has 2 aromatic carbocycles. The Labute approximate surface area is 153 Å². The summed E-state index contributed by atoms with van der Waals surface area (Å²) in [6, 6.07) is 17.4. The van der Waals surface area contributed by atoms with Crippen LogP contribution in [0.1, 0.15) is 31.4 Å². The molecule has 0 amide bonds. The molecule has 26 heavy (non-hydrogen) atoms. The first-order valence-electron chi connectivity index (χ1n) is 8.75. The third-order valence-electron chi connectivity index (χ3n) is 4.58. The summed E-state index contributed by atoms with van der Waals surface area (Å²) < 4.78 is 10.6. The van der Waals surface area contributed by atoms with E-state index in [2.05, 4.69) is 0 Å². The van der Waals surface area contributed by atoms with Crippen molar-refractivity contribution in [3.05, 3.63) is 77.4 Å². The summed E-state index contributed by atoms with van der Waals surface area (Å²) >= 11 is 0. The second-order valence-corrected chi connectivity index (χ2v) is 6.55. The minimum Gasteiger partial charge on any atom is -0.463 e. The summed E-state index contributed by atoms with van der Waals surface area (Å²) in [5.41, 5.74) is 1.86. The molecule has 0 fully saturated rings. The van der Waals surface area contributed by atoms with E-state index in [9.17, 15) is 9.59 Å². The Bertz CT molecular complexity index is 838. The first-order valence-corrected chi connectivity index (χ1v) is 8.75. The van der Waals surface area contributed by atoms with Crippen molar-refractivity contribution in [2.45, 2.75) is 32.1 Å². The summed E-state index contributed by atoms with van der Waals surface area (Å²) in [5.74, 6) is -0.0731. The smallest absolute Gasteiger partial charge is 0.330 e. The number of fused-ring (bicyclic) bond motifs is 1. The van der Waals surface area contributed by atoms with Crippen molar-refractivity contribution in [1.29, 1.82) is 0 Å². The van der Waals surface area contributed by atoms with Crippen LogP contribution < -0.4 is 4.74 Å². The van der Waals surface area contributed by atoms with Gasteiger partial charge in [-0.05, 0) is 38.3 Å². The zero-order valence-electron chi connectivity index (χ0n) is 15.0. The van der Waals surface area contributed by atoms with E-state index in [0.717, 1.165) is 16.7 Å². The Morgan fingerprint density at radius 2 is 1.81 bits per heavy atom. The van der Waals surface area contributed by atoms with Gasteiger partial charge in [0, 0.05) is 11.6 Å². The average molecular weight is 350 g/mol. The molecule has 0 unspecified atom stereocenters. The quantitative estimate of drug-likeness (QED) is 0.449. The maximum atomic E-state index is 12.9. The molecule has 0 bridgehead atoms. The van der Waals surface area contributed by atoms with E-state index in [1.807, 2.05) is 61.5 Å². The molecule has 4 heteroatoms. The van der Waals surface area contributed by atoms with Crippen LogP contribution in [-0.2, 0) is 26.2 Å². The Kier molecular flexibility index (Phi) is 5.21. The number of benzene rings is 2. The van der Waals surface area contributed by atoms with Gasteiger partial charge in [0.1, 0.15) is 11.2 Å². The van der Waals surface area contributed by atoms with Crippen LogP contribution in [0.5, 0.6) is 5.75 Å². The van der Waals surface area contributed by atoms with Crippen LogP contribution in [0.3, 0.4) is 0 Å². The summed E-state index contributed by atoms with van der Waals surface area (Å²) in [5, 5.41) is 0. The molecule has 0 aromatic heterocycles. The number of hydrogen-bond donors (Lipinski definition) is 0. The lowest BCUT2D eigenvalue weighted by atomic mass is 9.72. The van der Waals surface area contributed by atoms with Gasteiger partial charge in [-0.25, -0.2) is 4.79 Å². The molecule has 1 heterocycles. The van der Waals surface area contributed by atoms with Crippen molar-refractivity contribution in [3.8, 4) is 5.75 Å². The van der Waals surface area contributed by atoms with E-state index >= 15 is 0 Å². The number of para-hydroxylation sites is 1. The number of allylic oxidation sites excluding steroid dienone is 1. The minimum atomic E-state index is -0.842. The molecule has 1 atom stereocenters. The molecular weight excluding hydrogens is 328 g/mol. The molecule has 1 aliphatic heterocycles. The highest BCUT2D eigenvalue weighted by Crippen LogP contribution is 2.45. The van der Waals surface area contributed by atoms with Crippen molar-refractivity contribution in [1.82, 2.24) is 0 Å². The van der Waals surface area contributed by atoms with Gasteiger partial charge < -0.3 is 9.47 Å². The lowest BCUT2D eigenvalue weighted by Crippen LogP contribution is -2.36. The van der Waals surface area contributed by atoms with Gasteiger partial charge in [-0.2, -0.15) is 0 Å². The predicted molar refractivity (Wildman–Crippen MR) is 98.9 cm³/mol. The van der Waals surface area contributed by atoms with Gasteiger partial charge in [0.05, 0.1) is 6.61 Å². The van der Waals surface area contributed by atoms with E-state index in [0.29, 0.717) is 25.2 Å². The third kappa shape index (κ3) is 3.54. The van der Waals surface area contributed by atoms with Crippen LogP contribution in [0.4, 0.5) is 0 Å². The van der Waals surface area contributed by atoms with E-state index in [1.54, 1.807) is 6.92 Å². The minimum absolute atomic E-state index is 0.279. The Hall–Kier alpha value is -2.88. The first-order chi connectivity index (χ1) is 12.5. The zero-order chi connectivity index (χ0) is 18.6. The van der Waals surface area contributed by atoms with Crippen LogP contribution in [0, 0.1) is 0 Å². The third-order valence-corrected chi connectivity index (χ3v) is 4.58. The van der Waals surface area contributed by atoms with Crippen LogP contribution in [0.15, 0.2) is 66.2 Å². The number of carbonyl (C=O) groups excluding carboxylic acids is 2. The van der Waals surface area contributed by atoms with E-state index in [-0.39, 0.29) is 11.9 Å². The van der Waals surface area contributed by atoms with Crippen LogP contribution in [0.25, 0.3) is 0 Å². The lowest BCUT2D eigenvalue weighted by Gasteiger charge is -2.26. The average Bonchev–Trinajstić information content (AvgIpc) is 2.88. The van der Waals surface area contributed by atoms with Gasteiger partial charge in [0.25, 0.3) is 0 Å². The SMILES string of the molecule is CCOC(=O)/C=C(\C)C[C@@]1(Cc2ccccc2)C(=O)Oc2ccccc21. The van der Waals surface area contributed by atoms with E-state index < -0.39 is 5.41 Å². The molecule has 0 N–H and O–H groups in total. The fourth-order valence-electron chi connectivity index (χ4n) is 3.51. The summed E-state index contributed by atoms with van der Waals surface area (Å²) in [7, 11) is 0. The number of rotatable bonds is 6. The monoisotopic (exact) mass is 350 g/mol. The van der Waals surface area contributed by atoms with E-state index in [1.165, 1.54) is 6.08 Å². The summed E-state index contributed by atoms with van der Waals surface area (Å²) in [4.78, 5) is 24.7. The molecule has 134 valence electrons. The highest BCUT2D eigenvalue weighted by Gasteiger charge is 2.48. The van der Waals surface area contributed by atoms with Gasteiger partial charge in [-0.1, -0.05) is 54.1 Å². The highest BCUT2D eigenvalue weighted by atomic mass is 16.5. The van der Waals surface area contributed by atoms with Crippen molar-refractivity contribution in [2.24, 2.45) is 0 Å². The van der Waals surface area contributed by atoms with Gasteiger partial charge in [0.15, 0.2) is 0 Å².